The van der Waals surface area contributed by atoms with Crippen LogP contribution in [0.25, 0.3) is 0 Å². The number of hydrogen-bond donors (Lipinski definition) is 0. The van der Waals surface area contributed by atoms with Gasteiger partial charge >= 0.3 is 0 Å². The molecule has 21 heavy (non-hydrogen) atoms. The molecular weight excluding hydrogens is 282 g/mol. The van der Waals surface area contributed by atoms with Crippen LogP contribution < -0.4 is 0 Å². The van der Waals surface area contributed by atoms with E-state index in [4.69, 9.17) is 11.6 Å². The lowest BCUT2D eigenvalue weighted by atomic mass is 10.1. The maximum atomic E-state index is 12.4. The third-order valence-electron chi connectivity index (χ3n) is 3.33. The summed E-state index contributed by atoms with van der Waals surface area (Å²) < 4.78 is 2.01. The fourth-order valence-electron chi connectivity index (χ4n) is 2.24. The van der Waals surface area contributed by atoms with Gasteiger partial charge in [-0.2, -0.15) is 0 Å². The number of rotatable bonds is 4. The van der Waals surface area contributed by atoms with Crippen molar-refractivity contribution < 1.29 is 4.79 Å². The highest BCUT2D eigenvalue weighted by molar-refractivity contribution is 6.30. The molecule has 0 atom stereocenters. The standard InChI is InChI=1S/C18H14ClNO/c19-17-8-6-15(7-9-17)18(21)16-10-11-20(13-16)12-14-4-2-1-3-5-14/h1-11,13H,12H2. The molecule has 0 saturated heterocycles. The number of aromatic nitrogens is 1. The van der Waals surface area contributed by atoms with Crippen molar-refractivity contribution >= 4 is 17.4 Å². The minimum absolute atomic E-state index is 0.0125. The summed E-state index contributed by atoms with van der Waals surface area (Å²) in [4.78, 5) is 12.4. The van der Waals surface area contributed by atoms with E-state index in [-0.39, 0.29) is 5.78 Å². The first-order chi connectivity index (χ1) is 10.2. The van der Waals surface area contributed by atoms with Gasteiger partial charge in [-0.05, 0) is 35.9 Å². The molecular formula is C18H14ClNO. The number of benzene rings is 2. The Morgan fingerprint density at radius 2 is 1.62 bits per heavy atom. The summed E-state index contributed by atoms with van der Waals surface area (Å²) in [5, 5.41) is 0.633. The highest BCUT2D eigenvalue weighted by atomic mass is 35.5. The highest BCUT2D eigenvalue weighted by Crippen LogP contribution is 2.15. The number of carbonyl (C=O) groups is 1. The second-order valence-electron chi connectivity index (χ2n) is 4.89. The highest BCUT2D eigenvalue weighted by Gasteiger charge is 2.10. The summed E-state index contributed by atoms with van der Waals surface area (Å²) in [5.74, 6) is 0.0125. The average Bonchev–Trinajstić information content (AvgIpc) is 2.97. The average molecular weight is 296 g/mol. The Morgan fingerprint density at radius 3 is 2.33 bits per heavy atom. The molecule has 0 spiro atoms. The first-order valence-corrected chi connectivity index (χ1v) is 7.10. The molecule has 0 N–H and O–H groups in total. The van der Waals surface area contributed by atoms with Crippen molar-refractivity contribution in [1.29, 1.82) is 0 Å². The van der Waals surface area contributed by atoms with Crippen LogP contribution in [0.5, 0.6) is 0 Å². The van der Waals surface area contributed by atoms with Crippen molar-refractivity contribution in [3.05, 3.63) is 94.8 Å². The van der Waals surface area contributed by atoms with Crippen LogP contribution in [0, 0.1) is 0 Å². The number of hydrogen-bond acceptors (Lipinski definition) is 1. The summed E-state index contributed by atoms with van der Waals surface area (Å²) in [6.07, 6.45) is 3.81. The van der Waals surface area contributed by atoms with E-state index in [0.29, 0.717) is 16.1 Å². The molecule has 0 amide bonds. The lowest BCUT2D eigenvalue weighted by Crippen LogP contribution is -2.00. The fraction of sp³-hybridized carbons (Fsp3) is 0.0556. The smallest absolute Gasteiger partial charge is 0.194 e. The van der Waals surface area contributed by atoms with E-state index in [1.807, 2.05) is 41.2 Å². The van der Waals surface area contributed by atoms with Crippen molar-refractivity contribution in [3.8, 4) is 0 Å². The zero-order valence-corrected chi connectivity index (χ0v) is 12.1. The van der Waals surface area contributed by atoms with Crippen LogP contribution in [-0.2, 0) is 6.54 Å². The zero-order valence-electron chi connectivity index (χ0n) is 11.4. The van der Waals surface area contributed by atoms with E-state index in [1.54, 1.807) is 24.3 Å². The number of nitrogens with zero attached hydrogens (tertiary/aromatic N) is 1. The third kappa shape index (κ3) is 3.23. The summed E-state index contributed by atoms with van der Waals surface area (Å²) >= 11 is 5.84. The van der Waals surface area contributed by atoms with Crippen LogP contribution in [0.3, 0.4) is 0 Å². The quantitative estimate of drug-likeness (QED) is 0.653. The van der Waals surface area contributed by atoms with Gasteiger partial charge in [0.25, 0.3) is 0 Å². The van der Waals surface area contributed by atoms with Crippen LogP contribution in [0.15, 0.2) is 73.1 Å². The van der Waals surface area contributed by atoms with Gasteiger partial charge in [0.05, 0.1) is 0 Å². The van der Waals surface area contributed by atoms with Gasteiger partial charge in [-0.25, -0.2) is 0 Å². The summed E-state index contributed by atoms with van der Waals surface area (Å²) in [6, 6.07) is 19.0. The van der Waals surface area contributed by atoms with Gasteiger partial charge in [0.15, 0.2) is 5.78 Å². The molecule has 0 radical (unpaired) electrons. The van der Waals surface area contributed by atoms with Crippen LogP contribution in [-0.4, -0.2) is 10.4 Å². The van der Waals surface area contributed by atoms with Crippen molar-refractivity contribution in [2.24, 2.45) is 0 Å². The van der Waals surface area contributed by atoms with Gasteiger partial charge in [-0.15, -0.1) is 0 Å². The first-order valence-electron chi connectivity index (χ1n) is 6.72. The molecule has 0 fully saturated rings. The van der Waals surface area contributed by atoms with Crippen LogP contribution in [0.4, 0.5) is 0 Å². The van der Waals surface area contributed by atoms with Crippen LogP contribution in [0.2, 0.25) is 5.02 Å². The second-order valence-corrected chi connectivity index (χ2v) is 5.33. The molecule has 0 saturated carbocycles. The molecule has 1 aromatic heterocycles. The van der Waals surface area contributed by atoms with Gasteiger partial charge in [-0.1, -0.05) is 41.9 Å². The van der Waals surface area contributed by atoms with Crippen molar-refractivity contribution in [2.75, 3.05) is 0 Å². The topological polar surface area (TPSA) is 22.0 Å². The van der Waals surface area contributed by atoms with Crippen molar-refractivity contribution in [2.45, 2.75) is 6.54 Å². The Bertz CT molecular complexity index is 744. The minimum Gasteiger partial charge on any atom is -0.349 e. The molecule has 3 aromatic rings. The molecule has 0 bridgehead atoms. The van der Waals surface area contributed by atoms with Crippen molar-refractivity contribution in [3.63, 3.8) is 0 Å². The van der Waals surface area contributed by atoms with Crippen LogP contribution in [0.1, 0.15) is 21.5 Å². The molecule has 2 nitrogen and oxygen atoms in total. The second kappa shape index (κ2) is 5.98. The molecule has 104 valence electrons. The van der Waals surface area contributed by atoms with E-state index < -0.39 is 0 Å². The molecule has 1 heterocycles. The van der Waals surface area contributed by atoms with E-state index in [2.05, 4.69) is 12.1 Å². The lowest BCUT2D eigenvalue weighted by molar-refractivity contribution is 0.103. The first kappa shape index (κ1) is 13.7. The molecule has 0 unspecified atom stereocenters. The summed E-state index contributed by atoms with van der Waals surface area (Å²) in [5.41, 5.74) is 2.55. The lowest BCUT2D eigenvalue weighted by Gasteiger charge is -2.02. The fourth-order valence-corrected chi connectivity index (χ4v) is 2.36. The molecule has 2 aromatic carbocycles. The van der Waals surface area contributed by atoms with Crippen LogP contribution >= 0.6 is 11.6 Å². The molecule has 0 aliphatic rings. The minimum atomic E-state index is 0.0125. The Morgan fingerprint density at radius 1 is 0.905 bits per heavy atom. The summed E-state index contributed by atoms with van der Waals surface area (Å²) in [6.45, 7) is 0.759. The molecule has 3 heteroatoms. The normalized spacial score (nSPS) is 10.5. The Kier molecular flexibility index (Phi) is 3.89. The van der Waals surface area contributed by atoms with Gasteiger partial charge in [-0.3, -0.25) is 4.79 Å². The van der Waals surface area contributed by atoms with E-state index in [0.717, 1.165) is 6.54 Å². The monoisotopic (exact) mass is 295 g/mol. The Balaban J connectivity index is 1.78. The summed E-state index contributed by atoms with van der Waals surface area (Å²) in [7, 11) is 0. The van der Waals surface area contributed by atoms with Gasteiger partial charge in [0.1, 0.15) is 0 Å². The molecule has 3 rings (SSSR count). The van der Waals surface area contributed by atoms with Gasteiger partial charge in [0.2, 0.25) is 0 Å². The number of carbonyl (C=O) groups excluding carboxylic acids is 1. The van der Waals surface area contributed by atoms with Gasteiger partial charge in [0, 0.05) is 35.1 Å². The van der Waals surface area contributed by atoms with Crippen molar-refractivity contribution in [1.82, 2.24) is 4.57 Å². The molecule has 0 aliphatic carbocycles. The predicted molar refractivity (Wildman–Crippen MR) is 84.9 cm³/mol. The number of ketones is 1. The largest absolute Gasteiger partial charge is 0.349 e. The SMILES string of the molecule is O=C(c1ccc(Cl)cc1)c1ccn(Cc2ccccc2)c1. The van der Waals surface area contributed by atoms with E-state index in [9.17, 15) is 4.79 Å². The maximum absolute atomic E-state index is 12.4. The Hall–Kier alpha value is -2.32. The Labute approximate surface area is 128 Å². The third-order valence-corrected chi connectivity index (χ3v) is 3.58. The molecule has 0 aliphatic heterocycles. The van der Waals surface area contributed by atoms with Gasteiger partial charge < -0.3 is 4.57 Å². The maximum Gasteiger partial charge on any atom is 0.194 e. The zero-order chi connectivity index (χ0) is 14.7. The predicted octanol–water partition coefficient (Wildman–Crippen LogP) is 4.42. The number of halogens is 1. The van der Waals surface area contributed by atoms with E-state index in [1.165, 1.54) is 5.56 Å². The van der Waals surface area contributed by atoms with E-state index >= 15 is 0 Å².